The Balaban J connectivity index is 0.00000312. The first-order valence-electron chi connectivity index (χ1n) is 7.37. The largest absolute Gasteiger partial charge is 1.00 e. The number of carboxylic acid groups (broad SMARTS) is 1. The maximum Gasteiger partial charge on any atom is 1.00 e. The Morgan fingerprint density at radius 3 is 1.64 bits per heavy atom. The fourth-order valence-electron chi connectivity index (χ4n) is 2.30. The molecule has 0 radical (unpaired) electrons. The summed E-state index contributed by atoms with van der Waals surface area (Å²) in [5, 5.41) is 16.4. The van der Waals surface area contributed by atoms with Gasteiger partial charge in [0, 0.05) is 6.92 Å². The summed E-state index contributed by atoms with van der Waals surface area (Å²) in [6.07, 6.45) is 0. The first-order chi connectivity index (χ1) is 11.5. The van der Waals surface area contributed by atoms with E-state index in [4.69, 9.17) is 0 Å². The third-order valence-electron chi connectivity index (χ3n) is 3.40. The van der Waals surface area contributed by atoms with E-state index in [0.29, 0.717) is 11.1 Å². The summed E-state index contributed by atoms with van der Waals surface area (Å²) in [5.74, 6) is -2.46. The van der Waals surface area contributed by atoms with Gasteiger partial charge in [-0.15, -0.1) is 0 Å². The number of aliphatic carboxylic acids is 1. The monoisotopic (exact) mass is 348 g/mol. The summed E-state index contributed by atoms with van der Waals surface area (Å²) in [6.45, 7) is 1.29. The fraction of sp³-hybridized carbons (Fsp3) is 0.167. The maximum atomic E-state index is 12.6. The van der Waals surface area contributed by atoms with E-state index in [-0.39, 0.29) is 29.6 Å². The maximum absolute atomic E-state index is 12.6. The Morgan fingerprint density at radius 2 is 1.24 bits per heavy atom. The van der Waals surface area contributed by atoms with Gasteiger partial charge < -0.3 is 20.5 Å². The van der Waals surface area contributed by atoms with Crippen LogP contribution in [0.15, 0.2) is 60.7 Å². The summed E-state index contributed by atoms with van der Waals surface area (Å²) in [7, 11) is 0. The molecule has 2 atom stereocenters. The first kappa shape index (κ1) is 20.9. The van der Waals surface area contributed by atoms with Gasteiger partial charge in [-0.05, 0) is 11.1 Å². The molecule has 0 aliphatic rings. The molecule has 0 saturated carbocycles. The van der Waals surface area contributed by atoms with Crippen LogP contribution in [0.4, 0.5) is 0 Å². The van der Waals surface area contributed by atoms with Crippen LogP contribution in [0.1, 0.15) is 30.1 Å². The Kier molecular flexibility index (Phi) is 8.34. The minimum Gasteiger partial charge on any atom is -0.548 e. The van der Waals surface area contributed by atoms with Crippen LogP contribution in [-0.2, 0) is 14.4 Å². The van der Waals surface area contributed by atoms with E-state index in [0.717, 1.165) is 0 Å². The van der Waals surface area contributed by atoms with Crippen molar-refractivity contribution in [1.82, 2.24) is 10.6 Å². The molecular weight excluding hydrogens is 331 g/mol. The number of hydrogen-bond acceptors (Lipinski definition) is 4. The smallest absolute Gasteiger partial charge is 0.548 e. The number of rotatable bonds is 6. The van der Waals surface area contributed by atoms with Crippen LogP contribution in [0.25, 0.3) is 0 Å². The van der Waals surface area contributed by atoms with Crippen LogP contribution in [0.5, 0.6) is 0 Å². The number of benzene rings is 2. The molecule has 0 aromatic heterocycles. The van der Waals surface area contributed by atoms with Crippen LogP contribution in [0, 0.1) is 0 Å². The zero-order valence-corrected chi connectivity index (χ0v) is 16.1. The van der Waals surface area contributed by atoms with Crippen molar-refractivity contribution in [1.29, 1.82) is 0 Å². The van der Waals surface area contributed by atoms with Gasteiger partial charge in [-0.3, -0.25) is 9.59 Å². The van der Waals surface area contributed by atoms with Crippen molar-refractivity contribution < 1.29 is 49.0 Å². The SMILES string of the molecule is CC(=O)NC(C(=O)NC(C(=O)[O-])c1ccccc1)c1ccccc1.[Na+]. The van der Waals surface area contributed by atoms with Gasteiger partial charge in [0.05, 0.1) is 12.0 Å². The number of hydrogen-bond donors (Lipinski definition) is 2. The van der Waals surface area contributed by atoms with Crippen LogP contribution in [-0.4, -0.2) is 17.8 Å². The standard InChI is InChI=1S/C18H18N2O4.Na/c1-12(21)19-15(13-8-4-2-5-9-13)17(22)20-16(18(23)24)14-10-6-3-7-11-14;/h2-11,15-16H,1H3,(H,19,21)(H,20,22)(H,23,24);/q;+1/p-1. The molecule has 2 N–H and O–H groups in total. The zero-order valence-electron chi connectivity index (χ0n) is 14.1. The molecule has 2 aromatic rings. The van der Waals surface area contributed by atoms with Gasteiger partial charge in [0.15, 0.2) is 0 Å². The predicted molar refractivity (Wildman–Crippen MR) is 85.3 cm³/mol. The molecule has 2 unspecified atom stereocenters. The topological polar surface area (TPSA) is 98.3 Å². The molecular formula is C18H17N2NaO4. The van der Waals surface area contributed by atoms with Gasteiger partial charge >= 0.3 is 29.6 Å². The van der Waals surface area contributed by atoms with Gasteiger partial charge in [-0.2, -0.15) is 0 Å². The second kappa shape index (κ2) is 9.98. The third-order valence-corrected chi connectivity index (χ3v) is 3.40. The molecule has 7 heteroatoms. The molecule has 0 spiro atoms. The van der Waals surface area contributed by atoms with Crippen LogP contribution in [0.2, 0.25) is 0 Å². The molecule has 0 aliphatic carbocycles. The van der Waals surface area contributed by atoms with E-state index < -0.39 is 29.9 Å². The molecule has 0 aliphatic heterocycles. The average Bonchev–Trinajstić information content (AvgIpc) is 2.58. The predicted octanol–water partition coefficient (Wildman–Crippen LogP) is -2.52. The Labute approximate surface area is 167 Å². The minimum absolute atomic E-state index is 0. The van der Waals surface area contributed by atoms with Gasteiger partial charge in [0.25, 0.3) is 0 Å². The second-order valence-corrected chi connectivity index (χ2v) is 5.22. The molecule has 25 heavy (non-hydrogen) atoms. The number of amides is 2. The fourth-order valence-corrected chi connectivity index (χ4v) is 2.30. The number of carboxylic acids is 1. The van der Waals surface area contributed by atoms with Crippen molar-refractivity contribution in [2.24, 2.45) is 0 Å². The third kappa shape index (κ3) is 6.01. The van der Waals surface area contributed by atoms with E-state index in [1.54, 1.807) is 60.7 Å². The molecule has 0 fully saturated rings. The summed E-state index contributed by atoms with van der Waals surface area (Å²) >= 11 is 0. The molecule has 2 amide bonds. The summed E-state index contributed by atoms with van der Waals surface area (Å²) in [4.78, 5) is 35.4. The molecule has 0 bridgehead atoms. The number of carbonyl (C=O) groups excluding carboxylic acids is 3. The second-order valence-electron chi connectivity index (χ2n) is 5.22. The van der Waals surface area contributed by atoms with E-state index in [1.165, 1.54) is 6.92 Å². The summed E-state index contributed by atoms with van der Waals surface area (Å²) in [6, 6.07) is 14.5. The quantitative estimate of drug-likeness (QED) is 0.563. The van der Waals surface area contributed by atoms with E-state index in [2.05, 4.69) is 10.6 Å². The Bertz CT molecular complexity index is 722. The normalized spacial score (nSPS) is 12.2. The minimum atomic E-state index is -1.43. The van der Waals surface area contributed by atoms with E-state index >= 15 is 0 Å². The number of nitrogens with one attached hydrogen (secondary N) is 2. The molecule has 2 aromatic carbocycles. The van der Waals surface area contributed by atoms with Crippen molar-refractivity contribution in [3.63, 3.8) is 0 Å². The Morgan fingerprint density at radius 1 is 0.800 bits per heavy atom. The van der Waals surface area contributed by atoms with E-state index in [1.807, 2.05) is 0 Å². The van der Waals surface area contributed by atoms with Crippen LogP contribution in [0.3, 0.4) is 0 Å². The van der Waals surface area contributed by atoms with Crippen LogP contribution >= 0.6 is 0 Å². The van der Waals surface area contributed by atoms with Crippen molar-refractivity contribution >= 4 is 17.8 Å². The summed E-state index contributed by atoms with van der Waals surface area (Å²) < 4.78 is 0. The van der Waals surface area contributed by atoms with Crippen molar-refractivity contribution in [3.8, 4) is 0 Å². The van der Waals surface area contributed by atoms with Gasteiger partial charge in [-0.1, -0.05) is 60.7 Å². The molecule has 0 heterocycles. The van der Waals surface area contributed by atoms with E-state index in [9.17, 15) is 19.5 Å². The van der Waals surface area contributed by atoms with Crippen LogP contribution < -0.4 is 45.3 Å². The van der Waals surface area contributed by atoms with Gasteiger partial charge in [0.2, 0.25) is 11.8 Å². The first-order valence-corrected chi connectivity index (χ1v) is 7.37. The molecule has 6 nitrogen and oxygen atoms in total. The molecule has 124 valence electrons. The van der Waals surface area contributed by atoms with Gasteiger partial charge in [-0.25, -0.2) is 0 Å². The molecule has 0 saturated heterocycles. The van der Waals surface area contributed by atoms with Gasteiger partial charge in [0.1, 0.15) is 6.04 Å². The van der Waals surface area contributed by atoms with Crippen molar-refractivity contribution in [3.05, 3.63) is 71.8 Å². The average molecular weight is 348 g/mol. The zero-order chi connectivity index (χ0) is 17.5. The molecule has 2 rings (SSSR count). The summed E-state index contributed by atoms with van der Waals surface area (Å²) in [5.41, 5.74) is 0.941. The number of carbonyl (C=O) groups is 3. The van der Waals surface area contributed by atoms with Crippen molar-refractivity contribution in [2.75, 3.05) is 0 Å². The Hall–Kier alpha value is -2.15. The van der Waals surface area contributed by atoms with Crippen molar-refractivity contribution in [2.45, 2.75) is 19.0 Å².